The maximum Gasteiger partial charge on any atom is 0.307 e. The number of hydrogen-bond donors (Lipinski definition) is 1. The quantitative estimate of drug-likeness (QED) is 0.817. The summed E-state index contributed by atoms with van der Waals surface area (Å²) in [6.45, 7) is 2.19. The smallest absolute Gasteiger partial charge is 0.307 e. The van der Waals surface area contributed by atoms with E-state index in [2.05, 4.69) is 0 Å². The lowest BCUT2D eigenvalue weighted by molar-refractivity contribution is -0.145. The number of aliphatic carboxylic acids is 1. The Balaban J connectivity index is 1.60. The number of carbonyl (C=O) groups excluding carboxylic acids is 1. The summed E-state index contributed by atoms with van der Waals surface area (Å²) in [5.74, 6) is -0.197. The standard InChI is InChI=1S/C19H26N2O4/c1-25-17-8-4-14(5-9-17)11-21(16-6-7-16)18(22)13-20-10-2-3-15(12-20)19(23)24/h4-5,8-9,15-16H,2-3,6-7,10-13H2,1H3,(H,23,24). The van der Waals surface area contributed by atoms with Crippen molar-refractivity contribution < 1.29 is 19.4 Å². The van der Waals surface area contributed by atoms with E-state index in [1.165, 1.54) is 0 Å². The van der Waals surface area contributed by atoms with Crippen molar-refractivity contribution in [3.05, 3.63) is 29.8 Å². The molecule has 1 saturated carbocycles. The zero-order valence-corrected chi connectivity index (χ0v) is 14.7. The van der Waals surface area contributed by atoms with Gasteiger partial charge >= 0.3 is 5.97 Å². The number of likely N-dealkylation sites (tertiary alicyclic amines) is 1. The Morgan fingerprint density at radius 2 is 1.96 bits per heavy atom. The maximum absolute atomic E-state index is 12.8. The third kappa shape index (κ3) is 4.72. The van der Waals surface area contributed by atoms with Gasteiger partial charge in [-0.1, -0.05) is 12.1 Å². The number of carbonyl (C=O) groups is 2. The third-order valence-corrected chi connectivity index (χ3v) is 5.03. The Bertz CT molecular complexity index is 612. The molecule has 1 aromatic carbocycles. The van der Waals surface area contributed by atoms with E-state index in [-0.39, 0.29) is 11.8 Å². The molecule has 25 heavy (non-hydrogen) atoms. The van der Waals surface area contributed by atoms with Crippen LogP contribution in [0.3, 0.4) is 0 Å². The van der Waals surface area contributed by atoms with Gasteiger partial charge in [0.15, 0.2) is 0 Å². The van der Waals surface area contributed by atoms with Crippen molar-refractivity contribution in [3.8, 4) is 5.75 Å². The highest BCUT2D eigenvalue weighted by Crippen LogP contribution is 2.29. The molecule has 1 heterocycles. The number of piperidine rings is 1. The molecule has 6 nitrogen and oxygen atoms in total. The average Bonchev–Trinajstić information content (AvgIpc) is 3.45. The Kier molecular flexibility index (Phi) is 5.58. The van der Waals surface area contributed by atoms with Crippen LogP contribution in [0.2, 0.25) is 0 Å². The zero-order valence-electron chi connectivity index (χ0n) is 14.7. The lowest BCUT2D eigenvalue weighted by Gasteiger charge is -2.32. The molecule has 1 N–H and O–H groups in total. The van der Waals surface area contributed by atoms with E-state index >= 15 is 0 Å². The predicted octanol–water partition coefficient (Wildman–Crippen LogP) is 1.98. The van der Waals surface area contributed by atoms with E-state index in [4.69, 9.17) is 4.74 Å². The van der Waals surface area contributed by atoms with E-state index in [1.54, 1.807) is 7.11 Å². The Morgan fingerprint density at radius 3 is 2.56 bits per heavy atom. The molecule has 1 aliphatic carbocycles. The molecule has 2 fully saturated rings. The van der Waals surface area contributed by atoms with Gasteiger partial charge in [-0.25, -0.2) is 0 Å². The topological polar surface area (TPSA) is 70.1 Å². The minimum atomic E-state index is -0.755. The minimum absolute atomic E-state index is 0.101. The van der Waals surface area contributed by atoms with E-state index in [1.807, 2.05) is 34.1 Å². The number of benzene rings is 1. The van der Waals surface area contributed by atoms with Gasteiger partial charge in [0.1, 0.15) is 5.75 Å². The van der Waals surface area contributed by atoms with Gasteiger partial charge in [0.25, 0.3) is 0 Å². The molecular weight excluding hydrogens is 320 g/mol. The van der Waals surface area contributed by atoms with E-state index < -0.39 is 5.97 Å². The molecule has 6 heteroatoms. The number of rotatable bonds is 7. The van der Waals surface area contributed by atoms with Gasteiger partial charge in [-0.15, -0.1) is 0 Å². The first-order valence-corrected chi connectivity index (χ1v) is 8.94. The van der Waals surface area contributed by atoms with Crippen molar-refractivity contribution in [2.75, 3.05) is 26.7 Å². The van der Waals surface area contributed by atoms with Crippen molar-refractivity contribution >= 4 is 11.9 Å². The molecule has 3 rings (SSSR count). The van der Waals surface area contributed by atoms with Crippen LogP contribution in [0.5, 0.6) is 5.75 Å². The Morgan fingerprint density at radius 1 is 1.24 bits per heavy atom. The summed E-state index contributed by atoms with van der Waals surface area (Å²) in [4.78, 5) is 28.0. The summed E-state index contributed by atoms with van der Waals surface area (Å²) in [6.07, 6.45) is 3.66. The molecule has 0 radical (unpaired) electrons. The highest BCUT2D eigenvalue weighted by atomic mass is 16.5. The maximum atomic E-state index is 12.8. The summed E-state index contributed by atoms with van der Waals surface area (Å²) < 4.78 is 5.18. The monoisotopic (exact) mass is 346 g/mol. The number of carboxylic acids is 1. The Labute approximate surface area is 148 Å². The summed E-state index contributed by atoms with van der Waals surface area (Å²) in [5, 5.41) is 9.20. The van der Waals surface area contributed by atoms with Gasteiger partial charge in [-0.3, -0.25) is 14.5 Å². The highest BCUT2D eigenvalue weighted by Gasteiger charge is 2.34. The predicted molar refractivity (Wildman–Crippen MR) is 93.4 cm³/mol. The van der Waals surface area contributed by atoms with Gasteiger partial charge < -0.3 is 14.7 Å². The van der Waals surface area contributed by atoms with Crippen molar-refractivity contribution in [1.29, 1.82) is 0 Å². The second kappa shape index (κ2) is 7.87. The largest absolute Gasteiger partial charge is 0.497 e. The molecule has 1 aliphatic heterocycles. The molecule has 1 saturated heterocycles. The van der Waals surface area contributed by atoms with Gasteiger partial charge in [-0.05, 0) is 49.9 Å². The molecule has 0 spiro atoms. The van der Waals surface area contributed by atoms with Crippen LogP contribution in [-0.4, -0.2) is 59.6 Å². The van der Waals surface area contributed by atoms with Crippen molar-refractivity contribution in [2.45, 2.75) is 38.3 Å². The second-order valence-corrected chi connectivity index (χ2v) is 7.01. The normalized spacial score (nSPS) is 20.9. The van der Waals surface area contributed by atoms with Gasteiger partial charge in [0.05, 0.1) is 19.6 Å². The highest BCUT2D eigenvalue weighted by molar-refractivity contribution is 5.79. The molecule has 1 aromatic rings. The average molecular weight is 346 g/mol. The van der Waals surface area contributed by atoms with Crippen LogP contribution in [-0.2, 0) is 16.1 Å². The Hall–Kier alpha value is -2.08. The number of carboxylic acid groups (broad SMARTS) is 1. The van der Waals surface area contributed by atoms with Crippen LogP contribution in [0.15, 0.2) is 24.3 Å². The van der Waals surface area contributed by atoms with Gasteiger partial charge in [-0.2, -0.15) is 0 Å². The van der Waals surface area contributed by atoms with Crippen LogP contribution in [0.1, 0.15) is 31.2 Å². The second-order valence-electron chi connectivity index (χ2n) is 7.01. The lowest BCUT2D eigenvalue weighted by atomic mass is 9.98. The molecule has 1 unspecified atom stereocenters. The molecule has 136 valence electrons. The minimum Gasteiger partial charge on any atom is -0.497 e. The fourth-order valence-corrected chi connectivity index (χ4v) is 3.42. The van der Waals surface area contributed by atoms with Crippen LogP contribution in [0.4, 0.5) is 0 Å². The SMILES string of the molecule is COc1ccc(CN(C(=O)CN2CCCC(C(=O)O)C2)C2CC2)cc1. The molecule has 1 atom stereocenters. The van der Waals surface area contributed by atoms with Gasteiger partial charge in [0, 0.05) is 19.1 Å². The summed E-state index contributed by atoms with van der Waals surface area (Å²) >= 11 is 0. The van der Waals surface area contributed by atoms with Crippen LogP contribution >= 0.6 is 0 Å². The van der Waals surface area contributed by atoms with Crippen LogP contribution in [0.25, 0.3) is 0 Å². The summed E-state index contributed by atoms with van der Waals surface area (Å²) in [6, 6.07) is 8.13. The van der Waals surface area contributed by atoms with Crippen molar-refractivity contribution in [2.24, 2.45) is 5.92 Å². The molecule has 1 amide bonds. The molecule has 2 aliphatic rings. The first kappa shape index (κ1) is 17.7. The fraction of sp³-hybridized carbons (Fsp3) is 0.579. The summed E-state index contributed by atoms with van der Waals surface area (Å²) in [7, 11) is 1.64. The van der Waals surface area contributed by atoms with Crippen LogP contribution < -0.4 is 4.74 Å². The number of methoxy groups -OCH3 is 1. The fourth-order valence-electron chi connectivity index (χ4n) is 3.42. The van der Waals surface area contributed by atoms with Gasteiger partial charge in [0.2, 0.25) is 5.91 Å². The number of amides is 1. The molecular formula is C19H26N2O4. The first-order chi connectivity index (χ1) is 12.1. The van der Waals surface area contributed by atoms with Crippen molar-refractivity contribution in [1.82, 2.24) is 9.80 Å². The molecule has 0 bridgehead atoms. The van der Waals surface area contributed by atoms with E-state index in [0.717, 1.165) is 37.1 Å². The number of hydrogen-bond acceptors (Lipinski definition) is 4. The molecule has 0 aromatic heterocycles. The van der Waals surface area contributed by atoms with E-state index in [9.17, 15) is 14.7 Å². The summed E-state index contributed by atoms with van der Waals surface area (Å²) in [5.41, 5.74) is 1.09. The zero-order chi connectivity index (χ0) is 17.8. The third-order valence-electron chi connectivity index (χ3n) is 5.03. The van der Waals surface area contributed by atoms with E-state index in [0.29, 0.717) is 32.1 Å². The van der Waals surface area contributed by atoms with Crippen LogP contribution in [0, 0.1) is 5.92 Å². The number of ether oxygens (including phenoxy) is 1. The first-order valence-electron chi connectivity index (χ1n) is 8.94. The number of nitrogens with zero attached hydrogens (tertiary/aromatic N) is 2. The lowest BCUT2D eigenvalue weighted by Crippen LogP contribution is -2.46. The van der Waals surface area contributed by atoms with Crippen molar-refractivity contribution in [3.63, 3.8) is 0 Å².